The summed E-state index contributed by atoms with van der Waals surface area (Å²) in [4.78, 5) is 18.2. The lowest BCUT2D eigenvalue weighted by atomic mass is 10.1. The van der Waals surface area contributed by atoms with Gasteiger partial charge in [0.05, 0.1) is 11.9 Å². The van der Waals surface area contributed by atoms with E-state index in [1.54, 1.807) is 6.20 Å². The van der Waals surface area contributed by atoms with Crippen molar-refractivity contribution in [3.8, 4) is 5.88 Å². The van der Waals surface area contributed by atoms with E-state index in [4.69, 9.17) is 4.74 Å². The monoisotopic (exact) mass is 275 g/mol. The number of piperidine rings is 1. The van der Waals surface area contributed by atoms with Crippen molar-refractivity contribution in [1.82, 2.24) is 9.88 Å². The molecule has 0 atom stereocenters. The fourth-order valence-corrected chi connectivity index (χ4v) is 2.39. The molecular weight excluding hydrogens is 254 g/mol. The number of hydrogen-bond acceptors (Lipinski definition) is 4. The molecular formula is C15H21N3O2. The molecule has 0 unspecified atom stereocenters. The zero-order chi connectivity index (χ0) is 13.9. The molecule has 0 bridgehead atoms. The van der Waals surface area contributed by atoms with Crippen LogP contribution in [0, 0.1) is 5.92 Å². The van der Waals surface area contributed by atoms with Gasteiger partial charge in [-0.2, -0.15) is 0 Å². The van der Waals surface area contributed by atoms with Gasteiger partial charge in [-0.25, -0.2) is 4.98 Å². The molecule has 2 heterocycles. The predicted octanol–water partition coefficient (Wildman–Crippen LogP) is 1.90. The quantitative estimate of drug-likeness (QED) is 0.912. The molecule has 5 heteroatoms. The first-order valence-electron chi connectivity index (χ1n) is 7.33. The lowest BCUT2D eigenvalue weighted by molar-refractivity contribution is -0.117. The summed E-state index contributed by atoms with van der Waals surface area (Å²) < 4.78 is 5.87. The van der Waals surface area contributed by atoms with Crippen molar-refractivity contribution in [2.24, 2.45) is 5.92 Å². The summed E-state index contributed by atoms with van der Waals surface area (Å²) in [7, 11) is 2.13. The van der Waals surface area contributed by atoms with Gasteiger partial charge in [0.25, 0.3) is 0 Å². The summed E-state index contributed by atoms with van der Waals surface area (Å²) in [6.07, 6.45) is 6.03. The van der Waals surface area contributed by atoms with Crippen molar-refractivity contribution < 1.29 is 9.53 Å². The topological polar surface area (TPSA) is 54.5 Å². The van der Waals surface area contributed by atoms with E-state index in [0.717, 1.165) is 44.5 Å². The van der Waals surface area contributed by atoms with E-state index in [2.05, 4.69) is 22.2 Å². The molecule has 1 amide bonds. The Kier molecular flexibility index (Phi) is 3.87. The molecule has 1 aromatic heterocycles. The molecule has 1 aliphatic carbocycles. The molecule has 1 aromatic rings. The SMILES string of the molecule is CN1CCC(Oc2ccc(NC(=O)C3CC3)cn2)CC1. The Bertz CT molecular complexity index is 463. The van der Waals surface area contributed by atoms with E-state index in [9.17, 15) is 4.79 Å². The molecule has 0 radical (unpaired) electrons. The van der Waals surface area contributed by atoms with E-state index in [1.807, 2.05) is 12.1 Å². The molecule has 2 aliphatic rings. The summed E-state index contributed by atoms with van der Waals surface area (Å²) >= 11 is 0. The number of pyridine rings is 1. The average Bonchev–Trinajstić information content (AvgIpc) is 3.28. The van der Waals surface area contributed by atoms with Crippen LogP contribution in [0.15, 0.2) is 18.3 Å². The summed E-state index contributed by atoms with van der Waals surface area (Å²) in [6.45, 7) is 2.14. The van der Waals surface area contributed by atoms with Crippen molar-refractivity contribution in [2.45, 2.75) is 31.8 Å². The van der Waals surface area contributed by atoms with Crippen LogP contribution in [-0.4, -0.2) is 42.0 Å². The van der Waals surface area contributed by atoms with Crippen molar-refractivity contribution in [2.75, 3.05) is 25.5 Å². The molecule has 1 N–H and O–H groups in total. The lowest BCUT2D eigenvalue weighted by Crippen LogP contribution is -2.35. The molecule has 2 fully saturated rings. The first kappa shape index (κ1) is 13.4. The molecule has 108 valence electrons. The number of ether oxygens (including phenoxy) is 1. The predicted molar refractivity (Wildman–Crippen MR) is 76.7 cm³/mol. The average molecular weight is 275 g/mol. The Morgan fingerprint density at radius 2 is 2.05 bits per heavy atom. The highest BCUT2D eigenvalue weighted by Gasteiger charge is 2.29. The number of amides is 1. The Morgan fingerprint density at radius 3 is 2.65 bits per heavy atom. The van der Waals surface area contributed by atoms with Gasteiger partial charge >= 0.3 is 0 Å². The zero-order valence-electron chi connectivity index (χ0n) is 11.8. The standard InChI is InChI=1S/C15H21N3O2/c1-18-8-6-13(7-9-18)20-14-5-4-12(10-16-14)17-15(19)11-2-3-11/h4-5,10-11,13H,2-3,6-9H2,1H3,(H,17,19). The fourth-order valence-electron chi connectivity index (χ4n) is 2.39. The van der Waals surface area contributed by atoms with Gasteiger partial charge in [-0.05, 0) is 38.8 Å². The third-order valence-electron chi connectivity index (χ3n) is 3.91. The molecule has 5 nitrogen and oxygen atoms in total. The van der Waals surface area contributed by atoms with Gasteiger partial charge in [-0.15, -0.1) is 0 Å². The normalized spacial score (nSPS) is 20.6. The molecule has 3 rings (SSSR count). The van der Waals surface area contributed by atoms with E-state index in [-0.39, 0.29) is 17.9 Å². The maximum absolute atomic E-state index is 11.6. The molecule has 20 heavy (non-hydrogen) atoms. The Balaban J connectivity index is 1.51. The van der Waals surface area contributed by atoms with Crippen LogP contribution in [0.5, 0.6) is 5.88 Å². The van der Waals surface area contributed by atoms with Crippen molar-refractivity contribution >= 4 is 11.6 Å². The van der Waals surface area contributed by atoms with Crippen molar-refractivity contribution in [1.29, 1.82) is 0 Å². The van der Waals surface area contributed by atoms with Gasteiger partial charge in [-0.1, -0.05) is 0 Å². The smallest absolute Gasteiger partial charge is 0.227 e. The van der Waals surface area contributed by atoms with Gasteiger partial charge in [0.15, 0.2) is 0 Å². The second-order valence-corrected chi connectivity index (χ2v) is 5.77. The maximum atomic E-state index is 11.6. The highest BCUT2D eigenvalue weighted by molar-refractivity contribution is 5.93. The zero-order valence-corrected chi connectivity index (χ0v) is 11.8. The van der Waals surface area contributed by atoms with E-state index < -0.39 is 0 Å². The highest BCUT2D eigenvalue weighted by Crippen LogP contribution is 2.30. The van der Waals surface area contributed by atoms with Crippen LogP contribution in [0.1, 0.15) is 25.7 Å². The number of hydrogen-bond donors (Lipinski definition) is 1. The van der Waals surface area contributed by atoms with Crippen LogP contribution < -0.4 is 10.1 Å². The summed E-state index contributed by atoms with van der Waals surface area (Å²) in [5.74, 6) is 0.963. The number of anilines is 1. The summed E-state index contributed by atoms with van der Waals surface area (Å²) in [5, 5.41) is 2.88. The Morgan fingerprint density at radius 1 is 1.30 bits per heavy atom. The van der Waals surface area contributed by atoms with E-state index in [1.165, 1.54) is 0 Å². The third kappa shape index (κ3) is 3.48. The minimum absolute atomic E-state index is 0.107. The minimum atomic E-state index is 0.107. The second kappa shape index (κ2) is 5.79. The van der Waals surface area contributed by atoms with E-state index >= 15 is 0 Å². The largest absolute Gasteiger partial charge is 0.474 e. The van der Waals surface area contributed by atoms with Crippen LogP contribution in [0.25, 0.3) is 0 Å². The molecule has 0 aromatic carbocycles. The summed E-state index contributed by atoms with van der Waals surface area (Å²) in [5.41, 5.74) is 0.748. The summed E-state index contributed by atoms with van der Waals surface area (Å²) in [6, 6.07) is 3.69. The highest BCUT2D eigenvalue weighted by atomic mass is 16.5. The number of nitrogens with zero attached hydrogens (tertiary/aromatic N) is 2. The molecule has 1 saturated heterocycles. The van der Waals surface area contributed by atoms with Crippen molar-refractivity contribution in [3.05, 3.63) is 18.3 Å². The Hall–Kier alpha value is -1.62. The first-order valence-corrected chi connectivity index (χ1v) is 7.33. The van der Waals surface area contributed by atoms with Gasteiger partial charge < -0.3 is 15.0 Å². The number of carbonyl (C=O) groups excluding carboxylic acids is 1. The van der Waals surface area contributed by atoms with Crippen molar-refractivity contribution in [3.63, 3.8) is 0 Å². The Labute approximate surface area is 119 Å². The molecule has 0 spiro atoms. The van der Waals surface area contributed by atoms with Gasteiger partial charge in [0.2, 0.25) is 11.8 Å². The number of aromatic nitrogens is 1. The molecule has 1 saturated carbocycles. The van der Waals surface area contributed by atoms with Crippen LogP contribution in [0.3, 0.4) is 0 Å². The second-order valence-electron chi connectivity index (χ2n) is 5.77. The maximum Gasteiger partial charge on any atom is 0.227 e. The minimum Gasteiger partial charge on any atom is -0.474 e. The van der Waals surface area contributed by atoms with Crippen LogP contribution in [-0.2, 0) is 4.79 Å². The van der Waals surface area contributed by atoms with Gasteiger partial charge in [0, 0.05) is 25.1 Å². The first-order chi connectivity index (χ1) is 9.70. The van der Waals surface area contributed by atoms with Crippen LogP contribution in [0.4, 0.5) is 5.69 Å². The number of nitrogens with one attached hydrogen (secondary N) is 1. The number of carbonyl (C=O) groups is 1. The lowest BCUT2D eigenvalue weighted by Gasteiger charge is -2.28. The number of rotatable bonds is 4. The van der Waals surface area contributed by atoms with Crippen LogP contribution >= 0.6 is 0 Å². The number of likely N-dealkylation sites (tertiary alicyclic amines) is 1. The van der Waals surface area contributed by atoms with Gasteiger partial charge in [0.1, 0.15) is 6.10 Å². The molecule has 1 aliphatic heterocycles. The third-order valence-corrected chi connectivity index (χ3v) is 3.91. The van der Waals surface area contributed by atoms with Gasteiger partial charge in [-0.3, -0.25) is 4.79 Å². The van der Waals surface area contributed by atoms with Crippen LogP contribution in [0.2, 0.25) is 0 Å². The fraction of sp³-hybridized carbons (Fsp3) is 0.600. The van der Waals surface area contributed by atoms with E-state index in [0.29, 0.717) is 5.88 Å².